The Hall–Kier alpha value is -2.43. The zero-order chi connectivity index (χ0) is 15.9. The molecule has 0 radical (unpaired) electrons. The van der Waals surface area contributed by atoms with E-state index < -0.39 is 0 Å². The number of rotatable bonds is 1. The number of benzene rings is 1. The summed E-state index contributed by atoms with van der Waals surface area (Å²) in [6.45, 7) is 3.60. The first-order valence-electron chi connectivity index (χ1n) is 8.00. The van der Waals surface area contributed by atoms with Crippen molar-refractivity contribution < 1.29 is 9.53 Å². The first-order valence-corrected chi connectivity index (χ1v) is 8.00. The van der Waals surface area contributed by atoms with E-state index >= 15 is 0 Å². The van der Waals surface area contributed by atoms with Crippen LogP contribution >= 0.6 is 0 Å². The Morgan fingerprint density at radius 2 is 1.91 bits per heavy atom. The van der Waals surface area contributed by atoms with Crippen molar-refractivity contribution in [2.24, 2.45) is 0 Å². The second-order valence-corrected chi connectivity index (χ2v) is 6.42. The molecule has 0 N–H and O–H groups in total. The fourth-order valence-corrected chi connectivity index (χ4v) is 3.46. The average Bonchev–Trinajstić information content (AvgIpc) is 2.57. The maximum Gasteiger partial charge on any atom is 0.225 e. The van der Waals surface area contributed by atoms with E-state index in [1.165, 1.54) is 0 Å². The van der Waals surface area contributed by atoms with Crippen LogP contribution in [0.25, 0.3) is 0 Å². The zero-order valence-corrected chi connectivity index (χ0v) is 13.2. The van der Waals surface area contributed by atoms with Gasteiger partial charge in [-0.1, -0.05) is 11.6 Å². The summed E-state index contributed by atoms with van der Waals surface area (Å²) in [7, 11) is 0. The molecule has 0 bridgehead atoms. The zero-order valence-electron chi connectivity index (χ0n) is 13.2. The van der Waals surface area contributed by atoms with Crippen LogP contribution in [0.3, 0.4) is 0 Å². The van der Waals surface area contributed by atoms with Crippen LogP contribution < -0.4 is 9.64 Å². The lowest BCUT2D eigenvalue weighted by molar-refractivity contribution is 0.0230. The van der Waals surface area contributed by atoms with Crippen LogP contribution in [0.2, 0.25) is 0 Å². The number of aromatic nitrogens is 2. The van der Waals surface area contributed by atoms with Crippen molar-refractivity contribution in [3.8, 4) is 5.75 Å². The van der Waals surface area contributed by atoms with E-state index in [0.717, 1.165) is 48.8 Å². The minimum absolute atomic E-state index is 0.194. The SMILES string of the molecule is Cc1ccc2c(c1)C(=O)CC1(CCN(c3ncccn3)CC1)O2. The largest absolute Gasteiger partial charge is 0.486 e. The highest BCUT2D eigenvalue weighted by Crippen LogP contribution is 2.39. The Morgan fingerprint density at radius 3 is 2.65 bits per heavy atom. The highest BCUT2D eigenvalue weighted by Gasteiger charge is 2.43. The maximum atomic E-state index is 12.5. The van der Waals surface area contributed by atoms with Gasteiger partial charge in [0.1, 0.15) is 11.4 Å². The molecule has 118 valence electrons. The molecule has 0 saturated carbocycles. The van der Waals surface area contributed by atoms with Gasteiger partial charge in [0.05, 0.1) is 12.0 Å². The molecule has 23 heavy (non-hydrogen) atoms. The van der Waals surface area contributed by atoms with Gasteiger partial charge in [0, 0.05) is 38.3 Å². The van der Waals surface area contributed by atoms with Gasteiger partial charge in [-0.3, -0.25) is 4.79 Å². The van der Waals surface area contributed by atoms with Crippen molar-refractivity contribution >= 4 is 11.7 Å². The fourth-order valence-electron chi connectivity index (χ4n) is 3.46. The molecule has 0 aliphatic carbocycles. The van der Waals surface area contributed by atoms with Gasteiger partial charge in [-0.05, 0) is 25.1 Å². The molecule has 0 amide bonds. The highest BCUT2D eigenvalue weighted by molar-refractivity contribution is 6.00. The summed E-state index contributed by atoms with van der Waals surface area (Å²) >= 11 is 0. The summed E-state index contributed by atoms with van der Waals surface area (Å²) in [5, 5.41) is 0. The Morgan fingerprint density at radius 1 is 1.17 bits per heavy atom. The molecule has 2 aliphatic heterocycles. The number of hydrogen-bond donors (Lipinski definition) is 0. The van der Waals surface area contributed by atoms with Crippen molar-refractivity contribution in [2.45, 2.75) is 31.8 Å². The first-order chi connectivity index (χ1) is 11.2. The molecule has 5 nitrogen and oxygen atoms in total. The quantitative estimate of drug-likeness (QED) is 0.811. The molecule has 1 spiro atoms. The number of ketones is 1. The third-order valence-corrected chi connectivity index (χ3v) is 4.75. The molecule has 1 aromatic heterocycles. The van der Waals surface area contributed by atoms with Crippen LogP contribution in [0.5, 0.6) is 5.75 Å². The van der Waals surface area contributed by atoms with Crippen molar-refractivity contribution in [2.75, 3.05) is 18.0 Å². The van der Waals surface area contributed by atoms with Crippen LogP contribution in [0, 0.1) is 6.92 Å². The molecule has 2 aromatic rings. The summed E-state index contributed by atoms with van der Waals surface area (Å²) in [6.07, 6.45) is 5.60. The molecule has 0 unspecified atom stereocenters. The monoisotopic (exact) mass is 309 g/mol. The van der Waals surface area contributed by atoms with E-state index in [2.05, 4.69) is 14.9 Å². The lowest BCUT2D eigenvalue weighted by Crippen LogP contribution is -2.51. The summed E-state index contributed by atoms with van der Waals surface area (Å²) in [6, 6.07) is 7.67. The number of carbonyl (C=O) groups excluding carboxylic acids is 1. The minimum Gasteiger partial charge on any atom is -0.486 e. The first kappa shape index (κ1) is 14.2. The third kappa shape index (κ3) is 2.56. The number of hydrogen-bond acceptors (Lipinski definition) is 5. The predicted octanol–water partition coefficient (Wildman–Crippen LogP) is 2.79. The van der Waals surface area contributed by atoms with Gasteiger partial charge < -0.3 is 9.64 Å². The standard InChI is InChI=1S/C18H19N3O2/c1-13-3-4-16-14(11-13)15(22)12-18(23-16)5-9-21(10-6-18)17-19-7-2-8-20-17/h2-4,7-8,11H,5-6,9-10,12H2,1H3. The second-order valence-electron chi connectivity index (χ2n) is 6.42. The van der Waals surface area contributed by atoms with Crippen molar-refractivity contribution in [3.63, 3.8) is 0 Å². The summed E-state index contributed by atoms with van der Waals surface area (Å²) in [5.74, 6) is 1.68. The van der Waals surface area contributed by atoms with Gasteiger partial charge in [-0.15, -0.1) is 0 Å². The second kappa shape index (κ2) is 5.33. The van der Waals surface area contributed by atoms with Crippen LogP contribution in [0.4, 0.5) is 5.95 Å². The third-order valence-electron chi connectivity index (χ3n) is 4.75. The smallest absolute Gasteiger partial charge is 0.225 e. The topological polar surface area (TPSA) is 55.3 Å². The Balaban J connectivity index is 1.54. The van der Waals surface area contributed by atoms with Crippen LogP contribution in [-0.4, -0.2) is 34.4 Å². The fraction of sp³-hybridized carbons (Fsp3) is 0.389. The van der Waals surface area contributed by atoms with Gasteiger partial charge in [-0.2, -0.15) is 0 Å². The van der Waals surface area contributed by atoms with Crippen LogP contribution in [-0.2, 0) is 0 Å². The van der Waals surface area contributed by atoms with E-state index in [9.17, 15) is 4.79 Å². The summed E-state index contributed by atoms with van der Waals surface area (Å²) < 4.78 is 6.28. The summed E-state index contributed by atoms with van der Waals surface area (Å²) in [4.78, 5) is 23.3. The van der Waals surface area contributed by atoms with E-state index in [1.54, 1.807) is 12.4 Å². The average molecular weight is 309 g/mol. The number of nitrogens with zero attached hydrogens (tertiary/aromatic N) is 3. The maximum absolute atomic E-state index is 12.5. The Labute approximate surface area is 135 Å². The van der Waals surface area contributed by atoms with E-state index in [1.807, 2.05) is 31.2 Å². The Kier molecular flexibility index (Phi) is 3.29. The van der Waals surface area contributed by atoms with Crippen molar-refractivity contribution in [1.29, 1.82) is 0 Å². The lowest BCUT2D eigenvalue weighted by atomic mass is 9.82. The number of aryl methyl sites for hydroxylation is 1. The van der Waals surface area contributed by atoms with Crippen LogP contribution in [0.15, 0.2) is 36.7 Å². The van der Waals surface area contributed by atoms with Crippen molar-refractivity contribution in [1.82, 2.24) is 9.97 Å². The number of fused-ring (bicyclic) bond motifs is 1. The Bertz CT molecular complexity index is 737. The molecule has 5 heteroatoms. The van der Waals surface area contributed by atoms with E-state index in [-0.39, 0.29) is 11.4 Å². The predicted molar refractivity (Wildman–Crippen MR) is 87.0 cm³/mol. The lowest BCUT2D eigenvalue weighted by Gasteiger charge is -2.44. The number of Topliss-reactive ketones (excluding diaryl/α,β-unsaturated/α-hetero) is 1. The minimum atomic E-state index is -0.370. The van der Waals surface area contributed by atoms with Gasteiger partial charge in [0.15, 0.2) is 5.78 Å². The number of ether oxygens (including phenoxy) is 1. The summed E-state index contributed by atoms with van der Waals surface area (Å²) in [5.41, 5.74) is 1.45. The molecular weight excluding hydrogens is 290 g/mol. The van der Waals surface area contributed by atoms with E-state index in [0.29, 0.717) is 6.42 Å². The molecular formula is C18H19N3O2. The van der Waals surface area contributed by atoms with Gasteiger partial charge >= 0.3 is 0 Å². The molecule has 0 atom stereocenters. The molecule has 4 rings (SSSR count). The molecule has 1 fully saturated rings. The van der Waals surface area contributed by atoms with Gasteiger partial charge in [0.2, 0.25) is 5.95 Å². The molecule has 2 aliphatic rings. The van der Waals surface area contributed by atoms with Gasteiger partial charge in [0.25, 0.3) is 0 Å². The number of carbonyl (C=O) groups is 1. The molecule has 1 saturated heterocycles. The normalized spacial score (nSPS) is 19.3. The van der Waals surface area contributed by atoms with Crippen LogP contribution in [0.1, 0.15) is 35.2 Å². The number of piperidine rings is 1. The van der Waals surface area contributed by atoms with E-state index in [4.69, 9.17) is 4.74 Å². The number of anilines is 1. The van der Waals surface area contributed by atoms with Gasteiger partial charge in [-0.25, -0.2) is 9.97 Å². The highest BCUT2D eigenvalue weighted by atomic mass is 16.5. The molecule has 1 aromatic carbocycles. The molecule has 3 heterocycles. The van der Waals surface area contributed by atoms with Crippen molar-refractivity contribution in [3.05, 3.63) is 47.8 Å².